The molecule has 1 aromatic heterocycles. The first kappa shape index (κ1) is 16.3. The highest BCUT2D eigenvalue weighted by Crippen LogP contribution is 2.15. The van der Waals surface area contributed by atoms with Crippen LogP contribution in [0.3, 0.4) is 0 Å². The van der Waals surface area contributed by atoms with Gasteiger partial charge in [0.1, 0.15) is 6.61 Å². The molecule has 0 spiro atoms. The molecule has 114 valence electrons. The topological polar surface area (TPSA) is 93.0 Å². The fraction of sp³-hybridized carbons (Fsp3) is 0.636. The SMILES string of the molecule is CCCc1[nH]nc(C(=O)NCCOCC(F)(F)F)c1N. The first-order valence-corrected chi connectivity index (χ1v) is 6.10. The number of amides is 1. The van der Waals surface area contributed by atoms with Crippen molar-refractivity contribution in [2.75, 3.05) is 25.5 Å². The molecule has 1 amide bonds. The number of rotatable bonds is 7. The highest BCUT2D eigenvalue weighted by atomic mass is 19.4. The Balaban J connectivity index is 2.36. The van der Waals surface area contributed by atoms with Crippen LogP contribution in [0.15, 0.2) is 0 Å². The number of nitrogens with one attached hydrogen (secondary N) is 2. The predicted octanol–water partition coefficient (Wildman–Crippen LogP) is 1.25. The summed E-state index contributed by atoms with van der Waals surface area (Å²) in [5.74, 6) is -0.545. The summed E-state index contributed by atoms with van der Waals surface area (Å²) in [6, 6.07) is 0. The number of carbonyl (C=O) groups is 1. The maximum Gasteiger partial charge on any atom is 0.411 e. The monoisotopic (exact) mass is 294 g/mol. The lowest BCUT2D eigenvalue weighted by molar-refractivity contribution is -0.173. The van der Waals surface area contributed by atoms with Crippen LogP contribution in [0.2, 0.25) is 0 Å². The van der Waals surface area contributed by atoms with Gasteiger partial charge in [-0.05, 0) is 6.42 Å². The van der Waals surface area contributed by atoms with Gasteiger partial charge in [-0.1, -0.05) is 13.3 Å². The van der Waals surface area contributed by atoms with E-state index < -0.39 is 18.7 Å². The van der Waals surface area contributed by atoms with Gasteiger partial charge in [-0.25, -0.2) is 0 Å². The second kappa shape index (κ2) is 7.13. The molecule has 6 nitrogen and oxygen atoms in total. The zero-order valence-electron chi connectivity index (χ0n) is 11.0. The van der Waals surface area contributed by atoms with Crippen molar-refractivity contribution in [2.24, 2.45) is 0 Å². The number of aryl methyl sites for hydroxylation is 1. The number of carbonyl (C=O) groups excluding carboxylic acids is 1. The van der Waals surface area contributed by atoms with Crippen LogP contribution in [0.1, 0.15) is 29.5 Å². The molecule has 0 unspecified atom stereocenters. The van der Waals surface area contributed by atoms with Gasteiger partial charge in [0.15, 0.2) is 5.69 Å². The van der Waals surface area contributed by atoms with Crippen LogP contribution in [0.5, 0.6) is 0 Å². The molecule has 0 aliphatic heterocycles. The molecule has 0 aliphatic rings. The van der Waals surface area contributed by atoms with Crippen LogP contribution in [-0.4, -0.2) is 42.0 Å². The summed E-state index contributed by atoms with van der Waals surface area (Å²) < 4.78 is 39.7. The Bertz CT molecular complexity index is 445. The quantitative estimate of drug-likeness (QED) is 0.660. The van der Waals surface area contributed by atoms with E-state index in [4.69, 9.17) is 5.73 Å². The number of ether oxygens (including phenoxy) is 1. The Kier molecular flexibility index (Phi) is 5.81. The van der Waals surface area contributed by atoms with Crippen molar-refractivity contribution >= 4 is 11.6 Å². The zero-order chi connectivity index (χ0) is 15.2. The van der Waals surface area contributed by atoms with Crippen molar-refractivity contribution < 1.29 is 22.7 Å². The third-order valence-electron chi connectivity index (χ3n) is 2.40. The number of aromatic nitrogens is 2. The van der Waals surface area contributed by atoms with Crippen molar-refractivity contribution in [1.82, 2.24) is 15.5 Å². The maximum absolute atomic E-state index is 11.8. The smallest absolute Gasteiger partial charge is 0.395 e. The van der Waals surface area contributed by atoms with Crippen molar-refractivity contribution in [2.45, 2.75) is 25.9 Å². The lowest BCUT2D eigenvalue weighted by atomic mass is 10.2. The highest BCUT2D eigenvalue weighted by molar-refractivity contribution is 5.97. The van der Waals surface area contributed by atoms with E-state index in [1.165, 1.54) is 0 Å². The molecule has 0 saturated carbocycles. The van der Waals surface area contributed by atoms with Crippen LogP contribution >= 0.6 is 0 Å². The van der Waals surface area contributed by atoms with Crippen LogP contribution in [-0.2, 0) is 11.2 Å². The van der Waals surface area contributed by atoms with E-state index in [1.54, 1.807) is 0 Å². The van der Waals surface area contributed by atoms with E-state index in [-0.39, 0.29) is 24.5 Å². The van der Waals surface area contributed by atoms with E-state index in [9.17, 15) is 18.0 Å². The Morgan fingerprint density at radius 2 is 2.20 bits per heavy atom. The minimum atomic E-state index is -4.37. The number of aromatic amines is 1. The average molecular weight is 294 g/mol. The van der Waals surface area contributed by atoms with Gasteiger partial charge < -0.3 is 15.8 Å². The number of alkyl halides is 3. The van der Waals surface area contributed by atoms with Gasteiger partial charge in [-0.2, -0.15) is 18.3 Å². The first-order valence-electron chi connectivity index (χ1n) is 6.10. The third-order valence-corrected chi connectivity index (χ3v) is 2.40. The van der Waals surface area contributed by atoms with Crippen LogP contribution < -0.4 is 11.1 Å². The molecular formula is C11H17F3N4O2. The van der Waals surface area contributed by atoms with E-state index in [1.807, 2.05) is 6.92 Å². The van der Waals surface area contributed by atoms with Gasteiger partial charge in [0.05, 0.1) is 18.0 Å². The number of anilines is 1. The number of nitrogens with two attached hydrogens (primary N) is 1. The molecule has 0 atom stereocenters. The molecule has 1 heterocycles. The van der Waals surface area contributed by atoms with Gasteiger partial charge >= 0.3 is 6.18 Å². The second-order valence-corrected chi connectivity index (χ2v) is 4.14. The van der Waals surface area contributed by atoms with Crippen LogP contribution in [0.4, 0.5) is 18.9 Å². The minimum absolute atomic E-state index is 0.0456. The van der Waals surface area contributed by atoms with Crippen LogP contribution in [0, 0.1) is 0 Å². The van der Waals surface area contributed by atoms with E-state index >= 15 is 0 Å². The molecule has 1 aromatic rings. The Hall–Kier alpha value is -1.77. The standard InChI is InChI=1S/C11H17F3N4O2/c1-2-3-7-8(15)9(18-17-7)10(19)16-4-5-20-6-11(12,13)14/h2-6,15H2,1H3,(H,16,19)(H,17,18). The van der Waals surface area contributed by atoms with E-state index in [0.717, 1.165) is 6.42 Å². The van der Waals surface area contributed by atoms with Crippen molar-refractivity contribution in [1.29, 1.82) is 0 Å². The molecular weight excluding hydrogens is 277 g/mol. The number of hydrogen-bond donors (Lipinski definition) is 3. The Labute approximate surface area is 113 Å². The summed E-state index contributed by atoms with van der Waals surface area (Å²) in [5.41, 5.74) is 6.73. The van der Waals surface area contributed by atoms with Crippen molar-refractivity contribution in [3.05, 3.63) is 11.4 Å². The van der Waals surface area contributed by atoms with Gasteiger partial charge in [-0.15, -0.1) is 0 Å². The average Bonchev–Trinajstić information content (AvgIpc) is 2.70. The molecule has 4 N–H and O–H groups in total. The molecule has 9 heteroatoms. The molecule has 1 rings (SSSR count). The fourth-order valence-electron chi connectivity index (χ4n) is 1.51. The Morgan fingerprint density at radius 1 is 1.50 bits per heavy atom. The summed E-state index contributed by atoms with van der Waals surface area (Å²) >= 11 is 0. The molecule has 0 aromatic carbocycles. The summed E-state index contributed by atoms with van der Waals surface area (Å²) in [6.45, 7) is 0.327. The lowest BCUT2D eigenvalue weighted by Crippen LogP contribution is -2.29. The second-order valence-electron chi connectivity index (χ2n) is 4.14. The highest BCUT2D eigenvalue weighted by Gasteiger charge is 2.27. The summed E-state index contributed by atoms with van der Waals surface area (Å²) in [6.07, 6.45) is -2.86. The van der Waals surface area contributed by atoms with Crippen molar-refractivity contribution in [3.63, 3.8) is 0 Å². The number of nitrogen functional groups attached to an aromatic ring is 1. The molecule has 0 bridgehead atoms. The molecule has 0 fully saturated rings. The lowest BCUT2D eigenvalue weighted by Gasteiger charge is -2.08. The minimum Gasteiger partial charge on any atom is -0.395 e. The number of halogens is 3. The summed E-state index contributed by atoms with van der Waals surface area (Å²) in [5, 5.41) is 8.84. The first-order chi connectivity index (χ1) is 9.35. The third kappa shape index (κ3) is 5.08. The van der Waals surface area contributed by atoms with E-state index in [0.29, 0.717) is 12.1 Å². The van der Waals surface area contributed by atoms with Gasteiger partial charge in [0, 0.05) is 6.54 Å². The largest absolute Gasteiger partial charge is 0.411 e. The number of nitrogens with zero attached hydrogens (tertiary/aromatic N) is 1. The van der Waals surface area contributed by atoms with Gasteiger partial charge in [0.2, 0.25) is 0 Å². The van der Waals surface area contributed by atoms with Crippen molar-refractivity contribution in [3.8, 4) is 0 Å². The number of H-pyrrole nitrogens is 1. The predicted molar refractivity (Wildman–Crippen MR) is 66.2 cm³/mol. The fourth-order valence-corrected chi connectivity index (χ4v) is 1.51. The normalized spacial score (nSPS) is 11.6. The maximum atomic E-state index is 11.8. The molecule has 0 aliphatic carbocycles. The summed E-state index contributed by atoms with van der Waals surface area (Å²) in [7, 11) is 0. The molecule has 0 radical (unpaired) electrons. The zero-order valence-corrected chi connectivity index (χ0v) is 11.0. The van der Waals surface area contributed by atoms with Gasteiger partial charge in [-0.3, -0.25) is 9.89 Å². The Morgan fingerprint density at radius 3 is 2.80 bits per heavy atom. The summed E-state index contributed by atoms with van der Waals surface area (Å²) in [4.78, 5) is 11.7. The van der Waals surface area contributed by atoms with Crippen LogP contribution in [0.25, 0.3) is 0 Å². The molecule has 20 heavy (non-hydrogen) atoms. The van der Waals surface area contributed by atoms with Gasteiger partial charge in [0.25, 0.3) is 5.91 Å². The molecule has 0 saturated heterocycles. The van der Waals surface area contributed by atoms with E-state index in [2.05, 4.69) is 20.3 Å². The number of hydrogen-bond acceptors (Lipinski definition) is 4.